The molecule has 3 rings (SSSR count). The molecule has 0 spiro atoms. The number of esters is 1. The maximum atomic E-state index is 13.2. The van der Waals surface area contributed by atoms with Crippen molar-refractivity contribution in [3.8, 4) is 23.0 Å². The van der Waals surface area contributed by atoms with Gasteiger partial charge in [-0.25, -0.2) is 4.98 Å². The van der Waals surface area contributed by atoms with Crippen molar-refractivity contribution in [2.45, 2.75) is 38.8 Å². The molecule has 0 bridgehead atoms. The second-order valence-electron chi connectivity index (χ2n) is 8.80. The van der Waals surface area contributed by atoms with Gasteiger partial charge in [-0.15, -0.1) is 0 Å². The number of hydrogen-bond donors (Lipinski definition) is 2. The molecule has 0 radical (unpaired) electrons. The molecule has 2 N–H and O–H groups in total. The van der Waals surface area contributed by atoms with Gasteiger partial charge in [0.1, 0.15) is 17.5 Å². The maximum Gasteiger partial charge on any atom is 0.308 e. The lowest BCUT2D eigenvalue weighted by Gasteiger charge is -2.28. The predicted molar refractivity (Wildman–Crippen MR) is 144 cm³/mol. The molecule has 0 aliphatic carbocycles. The first-order valence-corrected chi connectivity index (χ1v) is 12.3. The molecule has 0 aliphatic rings. The summed E-state index contributed by atoms with van der Waals surface area (Å²) in [4.78, 5) is 41.8. The number of aromatic nitrogens is 1. The molecule has 3 aromatic rings. The average molecular weight is 536 g/mol. The largest absolute Gasteiger partial charge is 0.497 e. The third kappa shape index (κ3) is 7.25. The Balaban J connectivity index is 1.80. The highest BCUT2D eigenvalue weighted by molar-refractivity contribution is 5.99. The van der Waals surface area contributed by atoms with E-state index in [1.54, 1.807) is 21.1 Å². The Morgan fingerprint density at radius 1 is 0.769 bits per heavy atom. The van der Waals surface area contributed by atoms with Crippen molar-refractivity contribution in [3.63, 3.8) is 0 Å². The lowest BCUT2D eigenvalue weighted by Crippen LogP contribution is -2.49. The molecule has 0 unspecified atom stereocenters. The van der Waals surface area contributed by atoms with Gasteiger partial charge in [0, 0.05) is 31.1 Å². The number of benzene rings is 2. The number of nitrogens with one attached hydrogen (secondary N) is 2. The molecular weight excluding hydrogens is 502 g/mol. The van der Waals surface area contributed by atoms with E-state index < -0.39 is 23.8 Å². The number of carbonyl (C=O) groups excluding carboxylic acids is 3. The highest BCUT2D eigenvalue weighted by Gasteiger charge is 2.27. The molecule has 1 aromatic heterocycles. The van der Waals surface area contributed by atoms with Crippen LogP contribution in [0.3, 0.4) is 0 Å². The number of nitrogens with zero attached hydrogens (tertiary/aromatic N) is 1. The Morgan fingerprint density at radius 2 is 1.31 bits per heavy atom. The first-order chi connectivity index (χ1) is 18.7. The minimum absolute atomic E-state index is 0.120. The van der Waals surface area contributed by atoms with Crippen LogP contribution in [0.2, 0.25) is 0 Å². The Labute approximate surface area is 227 Å². The topological polar surface area (TPSA) is 125 Å². The number of hydrogen-bond acceptors (Lipinski definition) is 8. The molecule has 1 heterocycles. The van der Waals surface area contributed by atoms with E-state index >= 15 is 0 Å². The minimum Gasteiger partial charge on any atom is -0.497 e. The molecule has 0 fully saturated rings. The Bertz CT molecular complexity index is 1250. The van der Waals surface area contributed by atoms with Gasteiger partial charge in [0.2, 0.25) is 11.7 Å². The molecule has 0 saturated carbocycles. The number of pyridine rings is 1. The summed E-state index contributed by atoms with van der Waals surface area (Å²) in [6.07, 6.45) is 1.35. The van der Waals surface area contributed by atoms with Gasteiger partial charge in [-0.3, -0.25) is 14.4 Å². The highest BCUT2D eigenvalue weighted by Crippen LogP contribution is 2.31. The fourth-order valence-electron chi connectivity index (χ4n) is 4.15. The standard InChI is InChI=1S/C29H33N3O7/c1-17(25(20-7-11-22(36-4)12-8-20)21-9-13-23(37-5)14-10-21)31-28(34)18(2)32-29(35)26-27(39-19(3)33)24(38-6)15-16-30-26/h7-18,25H,1-6H3,(H,31,34)(H,32,35)/t17-,18-/m0/s1. The first kappa shape index (κ1) is 29.0. The second-order valence-corrected chi connectivity index (χ2v) is 8.80. The summed E-state index contributed by atoms with van der Waals surface area (Å²) in [5, 5.41) is 5.63. The number of amides is 2. The van der Waals surface area contributed by atoms with Gasteiger partial charge in [0.05, 0.1) is 21.3 Å². The summed E-state index contributed by atoms with van der Waals surface area (Å²) >= 11 is 0. The SMILES string of the molecule is COc1ccc(C(c2ccc(OC)cc2)[C@H](C)NC(=O)[C@H](C)NC(=O)c2nccc(OC)c2OC(C)=O)cc1. The lowest BCUT2D eigenvalue weighted by atomic mass is 9.85. The maximum absolute atomic E-state index is 13.2. The van der Waals surface area contributed by atoms with Crippen LogP contribution in [0.1, 0.15) is 48.3 Å². The minimum atomic E-state index is -0.925. The third-order valence-electron chi connectivity index (χ3n) is 6.11. The van der Waals surface area contributed by atoms with Gasteiger partial charge in [0.15, 0.2) is 11.4 Å². The summed E-state index contributed by atoms with van der Waals surface area (Å²) < 4.78 is 20.9. The quantitative estimate of drug-likeness (QED) is 0.358. The van der Waals surface area contributed by atoms with Crippen molar-refractivity contribution in [2.24, 2.45) is 0 Å². The van der Waals surface area contributed by atoms with Crippen LogP contribution in [0, 0.1) is 0 Å². The van der Waals surface area contributed by atoms with Crippen molar-refractivity contribution in [2.75, 3.05) is 21.3 Å². The molecule has 2 aromatic carbocycles. The fourth-order valence-corrected chi connectivity index (χ4v) is 4.15. The third-order valence-corrected chi connectivity index (χ3v) is 6.11. The Hall–Kier alpha value is -4.60. The summed E-state index contributed by atoms with van der Waals surface area (Å²) in [6, 6.07) is 15.5. The van der Waals surface area contributed by atoms with Gasteiger partial charge in [0.25, 0.3) is 5.91 Å². The van der Waals surface area contributed by atoms with E-state index in [-0.39, 0.29) is 29.2 Å². The van der Waals surface area contributed by atoms with E-state index in [1.807, 2.05) is 55.5 Å². The summed E-state index contributed by atoms with van der Waals surface area (Å²) in [7, 11) is 4.58. The smallest absolute Gasteiger partial charge is 0.308 e. The normalized spacial score (nSPS) is 12.2. The van der Waals surface area contributed by atoms with Crippen molar-refractivity contribution >= 4 is 17.8 Å². The second kappa shape index (κ2) is 13.3. The number of rotatable bonds is 11. The van der Waals surface area contributed by atoms with Crippen molar-refractivity contribution in [1.82, 2.24) is 15.6 Å². The van der Waals surface area contributed by atoms with Gasteiger partial charge in [-0.1, -0.05) is 24.3 Å². The summed E-state index contributed by atoms with van der Waals surface area (Å²) in [5.41, 5.74) is 1.76. The van der Waals surface area contributed by atoms with Gasteiger partial charge in [-0.2, -0.15) is 0 Å². The Kier molecular flexibility index (Phi) is 9.86. The molecule has 10 nitrogen and oxygen atoms in total. The summed E-state index contributed by atoms with van der Waals surface area (Å²) in [6.45, 7) is 4.66. The molecule has 39 heavy (non-hydrogen) atoms. The first-order valence-electron chi connectivity index (χ1n) is 12.3. The summed E-state index contributed by atoms with van der Waals surface area (Å²) in [5.74, 6) is -0.452. The van der Waals surface area contributed by atoms with Crippen LogP contribution in [0.15, 0.2) is 60.8 Å². The van der Waals surface area contributed by atoms with E-state index in [0.29, 0.717) is 0 Å². The van der Waals surface area contributed by atoms with E-state index in [1.165, 1.54) is 26.3 Å². The predicted octanol–water partition coefficient (Wildman–Crippen LogP) is 3.49. The number of methoxy groups -OCH3 is 3. The van der Waals surface area contributed by atoms with E-state index in [4.69, 9.17) is 18.9 Å². The van der Waals surface area contributed by atoms with Crippen LogP contribution < -0.4 is 29.6 Å². The van der Waals surface area contributed by atoms with Crippen LogP contribution in [-0.4, -0.2) is 56.2 Å². The van der Waals surface area contributed by atoms with Crippen LogP contribution in [0.5, 0.6) is 23.0 Å². The molecule has 0 saturated heterocycles. The zero-order chi connectivity index (χ0) is 28.5. The molecule has 0 aliphatic heterocycles. The zero-order valence-electron chi connectivity index (χ0n) is 22.8. The van der Waals surface area contributed by atoms with Gasteiger partial charge in [-0.05, 0) is 49.2 Å². The molecule has 206 valence electrons. The van der Waals surface area contributed by atoms with Crippen LogP contribution in [0.4, 0.5) is 0 Å². The van der Waals surface area contributed by atoms with E-state index in [0.717, 1.165) is 22.6 Å². The molecule has 2 atom stereocenters. The molecular formula is C29H33N3O7. The van der Waals surface area contributed by atoms with E-state index in [9.17, 15) is 14.4 Å². The van der Waals surface area contributed by atoms with Gasteiger partial charge < -0.3 is 29.6 Å². The van der Waals surface area contributed by atoms with E-state index in [2.05, 4.69) is 15.6 Å². The molecule has 2 amide bonds. The van der Waals surface area contributed by atoms with Crippen LogP contribution >= 0.6 is 0 Å². The zero-order valence-corrected chi connectivity index (χ0v) is 22.8. The fraction of sp³-hybridized carbons (Fsp3) is 0.310. The van der Waals surface area contributed by atoms with Crippen molar-refractivity contribution < 1.29 is 33.3 Å². The van der Waals surface area contributed by atoms with Crippen molar-refractivity contribution in [1.29, 1.82) is 0 Å². The monoisotopic (exact) mass is 535 g/mol. The van der Waals surface area contributed by atoms with Gasteiger partial charge >= 0.3 is 5.97 Å². The number of carbonyl (C=O) groups is 3. The van der Waals surface area contributed by atoms with Crippen LogP contribution in [-0.2, 0) is 9.59 Å². The number of ether oxygens (including phenoxy) is 4. The average Bonchev–Trinajstić information content (AvgIpc) is 2.93. The lowest BCUT2D eigenvalue weighted by molar-refractivity contribution is -0.132. The Morgan fingerprint density at radius 3 is 1.77 bits per heavy atom. The van der Waals surface area contributed by atoms with Crippen LogP contribution in [0.25, 0.3) is 0 Å². The highest BCUT2D eigenvalue weighted by atomic mass is 16.6. The van der Waals surface area contributed by atoms with Crippen molar-refractivity contribution in [3.05, 3.63) is 77.6 Å². The molecule has 10 heteroatoms.